The molecule has 0 radical (unpaired) electrons. The molecule has 0 heterocycles. The molecule has 0 amide bonds. The zero-order valence-corrected chi connectivity index (χ0v) is 17.1. The van der Waals surface area contributed by atoms with Crippen LogP contribution < -0.4 is 0 Å². The van der Waals surface area contributed by atoms with E-state index in [1.807, 2.05) is 13.8 Å². The molecule has 0 bridgehead atoms. The molecule has 0 nitrogen and oxygen atoms in total. The number of hydrogen-bond donors (Lipinski definition) is 0. The average Bonchev–Trinajstić information content (AvgIpc) is 2.43. The SMILES string of the molecule is CC.CCCC(C)(C)C(C)CCC(C)C(C)CCC(C)C. The lowest BCUT2D eigenvalue weighted by molar-refractivity contribution is 0.179. The van der Waals surface area contributed by atoms with Gasteiger partial charge < -0.3 is 0 Å². The second-order valence-electron chi connectivity index (χ2n) is 8.14. The Labute approximate surface area is 137 Å². The topological polar surface area (TPSA) is 0 Å². The first-order chi connectivity index (χ1) is 9.70. The lowest BCUT2D eigenvalue weighted by atomic mass is 9.73. The van der Waals surface area contributed by atoms with E-state index in [0.29, 0.717) is 5.41 Å². The van der Waals surface area contributed by atoms with E-state index in [1.165, 1.54) is 38.5 Å². The predicted octanol–water partition coefficient (Wildman–Crippen LogP) is 7.96. The summed E-state index contributed by atoms with van der Waals surface area (Å²) in [5.74, 6) is 3.49. The van der Waals surface area contributed by atoms with Crippen LogP contribution in [0.15, 0.2) is 0 Å². The molecule has 0 aromatic heterocycles. The largest absolute Gasteiger partial charge is 0.0683 e. The first kappa shape index (κ1) is 23.3. The Kier molecular flexibility index (Phi) is 13.9. The molecule has 0 aliphatic carbocycles. The van der Waals surface area contributed by atoms with E-state index in [0.717, 1.165) is 23.7 Å². The summed E-state index contributed by atoms with van der Waals surface area (Å²) in [5.41, 5.74) is 0.523. The molecule has 0 rings (SSSR count). The average molecular weight is 299 g/mol. The molecule has 0 aliphatic heterocycles. The molecule has 3 atom stereocenters. The maximum atomic E-state index is 2.46. The fourth-order valence-electron chi connectivity index (χ4n) is 2.96. The van der Waals surface area contributed by atoms with Gasteiger partial charge in [-0.15, -0.1) is 0 Å². The van der Waals surface area contributed by atoms with Crippen molar-refractivity contribution in [1.82, 2.24) is 0 Å². The lowest BCUT2D eigenvalue weighted by Crippen LogP contribution is -2.22. The maximum Gasteiger partial charge on any atom is -0.0329 e. The van der Waals surface area contributed by atoms with Crippen LogP contribution in [-0.2, 0) is 0 Å². The monoisotopic (exact) mass is 298 g/mol. The minimum Gasteiger partial charge on any atom is -0.0683 e. The summed E-state index contributed by atoms with van der Waals surface area (Å²) in [7, 11) is 0. The van der Waals surface area contributed by atoms with Crippen molar-refractivity contribution in [2.45, 2.75) is 108 Å². The van der Waals surface area contributed by atoms with Gasteiger partial charge in [-0.05, 0) is 41.9 Å². The molecule has 0 fully saturated rings. The highest BCUT2D eigenvalue weighted by molar-refractivity contribution is 4.76. The van der Waals surface area contributed by atoms with Gasteiger partial charge in [0, 0.05) is 0 Å². The molecule has 130 valence electrons. The van der Waals surface area contributed by atoms with Crippen LogP contribution >= 0.6 is 0 Å². The lowest BCUT2D eigenvalue weighted by Gasteiger charge is -2.33. The van der Waals surface area contributed by atoms with Crippen molar-refractivity contribution in [1.29, 1.82) is 0 Å². The van der Waals surface area contributed by atoms with E-state index in [2.05, 4.69) is 55.4 Å². The van der Waals surface area contributed by atoms with E-state index in [-0.39, 0.29) is 0 Å². The molecule has 0 aliphatic rings. The van der Waals surface area contributed by atoms with Crippen LogP contribution in [0.3, 0.4) is 0 Å². The molecule has 0 spiro atoms. The van der Waals surface area contributed by atoms with Gasteiger partial charge in [-0.2, -0.15) is 0 Å². The Hall–Kier alpha value is 0. The van der Waals surface area contributed by atoms with Crippen LogP contribution in [0.2, 0.25) is 0 Å². The van der Waals surface area contributed by atoms with Gasteiger partial charge in [0.1, 0.15) is 0 Å². The van der Waals surface area contributed by atoms with Crippen LogP contribution in [0, 0.1) is 29.1 Å². The van der Waals surface area contributed by atoms with Crippen molar-refractivity contribution in [2.24, 2.45) is 29.1 Å². The van der Waals surface area contributed by atoms with Gasteiger partial charge in [0.05, 0.1) is 0 Å². The van der Waals surface area contributed by atoms with Gasteiger partial charge in [0.15, 0.2) is 0 Å². The molecule has 21 heavy (non-hydrogen) atoms. The Morgan fingerprint density at radius 1 is 0.714 bits per heavy atom. The quantitative estimate of drug-likeness (QED) is 0.383. The Morgan fingerprint density at radius 2 is 1.14 bits per heavy atom. The van der Waals surface area contributed by atoms with Gasteiger partial charge in [-0.1, -0.05) is 94.9 Å². The zero-order valence-electron chi connectivity index (χ0n) is 17.1. The van der Waals surface area contributed by atoms with Gasteiger partial charge in [-0.3, -0.25) is 0 Å². The molecule has 0 aromatic carbocycles. The summed E-state index contributed by atoms with van der Waals surface area (Å²) >= 11 is 0. The molecule has 0 saturated carbocycles. The second-order valence-corrected chi connectivity index (χ2v) is 8.14. The third-order valence-electron chi connectivity index (χ3n) is 5.45. The molecular formula is C21H46. The minimum atomic E-state index is 0.523. The highest BCUT2D eigenvalue weighted by Crippen LogP contribution is 2.36. The Morgan fingerprint density at radius 3 is 1.52 bits per heavy atom. The molecule has 0 aromatic rings. The van der Waals surface area contributed by atoms with E-state index in [1.54, 1.807) is 0 Å². The Balaban J connectivity index is 0. The third-order valence-corrected chi connectivity index (χ3v) is 5.45. The van der Waals surface area contributed by atoms with Gasteiger partial charge in [0.25, 0.3) is 0 Å². The standard InChI is InChI=1S/C19H40.C2H6/c1-9-14-19(7,8)18(6)13-12-17(5)16(4)11-10-15(2)3;1-2/h15-18H,9-14H2,1-8H3;1-2H3. The van der Waals surface area contributed by atoms with Crippen molar-refractivity contribution >= 4 is 0 Å². The van der Waals surface area contributed by atoms with E-state index >= 15 is 0 Å². The zero-order chi connectivity index (χ0) is 17.1. The molecule has 0 N–H and O–H groups in total. The first-order valence-corrected chi connectivity index (χ1v) is 9.70. The highest BCUT2D eigenvalue weighted by atomic mass is 14.3. The predicted molar refractivity (Wildman–Crippen MR) is 101 cm³/mol. The molecule has 0 heteroatoms. The summed E-state index contributed by atoms with van der Waals surface area (Å²) in [4.78, 5) is 0. The fourth-order valence-corrected chi connectivity index (χ4v) is 2.96. The summed E-state index contributed by atoms with van der Waals surface area (Å²) < 4.78 is 0. The second kappa shape index (κ2) is 12.5. The van der Waals surface area contributed by atoms with Crippen molar-refractivity contribution in [3.8, 4) is 0 Å². The van der Waals surface area contributed by atoms with Crippen molar-refractivity contribution in [3.05, 3.63) is 0 Å². The normalized spacial score (nSPS) is 16.1. The van der Waals surface area contributed by atoms with E-state index < -0.39 is 0 Å². The first-order valence-electron chi connectivity index (χ1n) is 9.70. The summed E-state index contributed by atoms with van der Waals surface area (Å²) in [6, 6.07) is 0. The van der Waals surface area contributed by atoms with Crippen LogP contribution in [0.1, 0.15) is 108 Å². The van der Waals surface area contributed by atoms with Crippen molar-refractivity contribution in [3.63, 3.8) is 0 Å². The van der Waals surface area contributed by atoms with Crippen molar-refractivity contribution in [2.75, 3.05) is 0 Å². The summed E-state index contributed by atoms with van der Waals surface area (Å²) in [6.07, 6.45) is 8.30. The third kappa shape index (κ3) is 11.2. The summed E-state index contributed by atoms with van der Waals surface area (Å²) in [6.45, 7) is 23.3. The van der Waals surface area contributed by atoms with E-state index in [4.69, 9.17) is 0 Å². The van der Waals surface area contributed by atoms with E-state index in [9.17, 15) is 0 Å². The van der Waals surface area contributed by atoms with Crippen LogP contribution in [0.25, 0.3) is 0 Å². The highest BCUT2D eigenvalue weighted by Gasteiger charge is 2.25. The van der Waals surface area contributed by atoms with Crippen LogP contribution in [0.5, 0.6) is 0 Å². The number of hydrogen-bond acceptors (Lipinski definition) is 0. The molecular weight excluding hydrogens is 252 g/mol. The molecule has 3 unspecified atom stereocenters. The number of rotatable bonds is 10. The minimum absolute atomic E-state index is 0.523. The van der Waals surface area contributed by atoms with Gasteiger partial charge >= 0.3 is 0 Å². The summed E-state index contributed by atoms with van der Waals surface area (Å²) in [5, 5.41) is 0. The fraction of sp³-hybridized carbons (Fsp3) is 1.00. The van der Waals surface area contributed by atoms with Gasteiger partial charge in [0.2, 0.25) is 0 Å². The maximum absolute atomic E-state index is 2.46. The van der Waals surface area contributed by atoms with Crippen molar-refractivity contribution < 1.29 is 0 Å². The smallest absolute Gasteiger partial charge is 0.0329 e. The molecule has 0 saturated heterocycles. The van der Waals surface area contributed by atoms with Gasteiger partial charge in [-0.25, -0.2) is 0 Å². The van der Waals surface area contributed by atoms with Crippen LogP contribution in [-0.4, -0.2) is 0 Å². The Bertz CT molecular complexity index is 214. The van der Waals surface area contributed by atoms with Crippen LogP contribution in [0.4, 0.5) is 0 Å².